The van der Waals surface area contributed by atoms with Gasteiger partial charge in [0.2, 0.25) is 0 Å². The second-order valence-electron chi connectivity index (χ2n) is 4.52. The predicted octanol–water partition coefficient (Wildman–Crippen LogP) is 3.30. The van der Waals surface area contributed by atoms with Crippen molar-refractivity contribution < 1.29 is 5.11 Å². The zero-order valence-electron chi connectivity index (χ0n) is 11.0. The van der Waals surface area contributed by atoms with Gasteiger partial charge in [-0.15, -0.1) is 0 Å². The van der Waals surface area contributed by atoms with Crippen LogP contribution in [0.5, 0.6) is 0 Å². The van der Waals surface area contributed by atoms with Crippen molar-refractivity contribution in [3.05, 3.63) is 58.5 Å². The van der Waals surface area contributed by atoms with Gasteiger partial charge in [0.1, 0.15) is 6.10 Å². The summed E-state index contributed by atoms with van der Waals surface area (Å²) in [6, 6.07) is 11.7. The third kappa shape index (κ3) is 2.23. The van der Waals surface area contributed by atoms with Crippen LogP contribution < -0.4 is 0 Å². The lowest BCUT2D eigenvalue weighted by Gasteiger charge is -2.13. The first-order valence-electron chi connectivity index (χ1n) is 6.45. The summed E-state index contributed by atoms with van der Waals surface area (Å²) >= 11 is 3.43. The van der Waals surface area contributed by atoms with Gasteiger partial charge in [-0.05, 0) is 35.0 Å². The number of aromatic nitrogens is 3. The fourth-order valence-corrected chi connectivity index (χ4v) is 2.78. The molecule has 0 aliphatic heterocycles. The Morgan fingerprint density at radius 2 is 2.05 bits per heavy atom. The number of hydrogen-bond acceptors (Lipinski definition) is 3. The van der Waals surface area contributed by atoms with Gasteiger partial charge in [0.05, 0.1) is 27.6 Å². The number of fused-ring (bicyclic) bond motifs is 1. The van der Waals surface area contributed by atoms with Crippen LogP contribution in [0, 0.1) is 0 Å². The molecule has 2 heterocycles. The van der Waals surface area contributed by atoms with E-state index in [1.165, 1.54) is 0 Å². The molecule has 0 radical (unpaired) electrons. The Labute approximate surface area is 125 Å². The van der Waals surface area contributed by atoms with Gasteiger partial charge in [0.25, 0.3) is 0 Å². The highest BCUT2D eigenvalue weighted by atomic mass is 79.9. The molecule has 5 heteroatoms. The van der Waals surface area contributed by atoms with Gasteiger partial charge in [-0.1, -0.05) is 24.3 Å². The molecule has 1 unspecified atom stereocenters. The highest BCUT2D eigenvalue weighted by Gasteiger charge is 2.20. The lowest BCUT2D eigenvalue weighted by Crippen LogP contribution is -2.11. The molecule has 20 heavy (non-hydrogen) atoms. The Hall–Kier alpha value is -1.72. The Bertz CT molecular complexity index is 754. The zero-order valence-corrected chi connectivity index (χ0v) is 12.6. The smallest absolute Gasteiger partial charge is 0.139 e. The van der Waals surface area contributed by atoms with Crippen molar-refractivity contribution in [2.75, 3.05) is 0 Å². The number of aliphatic hydroxyl groups excluding tert-OH is 1. The van der Waals surface area contributed by atoms with Crippen molar-refractivity contribution in [1.82, 2.24) is 14.8 Å². The summed E-state index contributed by atoms with van der Waals surface area (Å²) in [5, 5.41) is 15.9. The number of para-hydroxylation sites is 1. The SMILES string of the molecule is CCn1ncc(Br)c1C(O)c1ccc2ccccc2n1. The highest BCUT2D eigenvalue weighted by Crippen LogP contribution is 2.28. The average Bonchev–Trinajstić information content (AvgIpc) is 2.87. The summed E-state index contributed by atoms with van der Waals surface area (Å²) in [5.74, 6) is 0. The zero-order chi connectivity index (χ0) is 14.1. The van der Waals surface area contributed by atoms with Gasteiger partial charge >= 0.3 is 0 Å². The topological polar surface area (TPSA) is 50.9 Å². The molecule has 1 N–H and O–H groups in total. The van der Waals surface area contributed by atoms with Gasteiger partial charge in [-0.2, -0.15) is 5.10 Å². The highest BCUT2D eigenvalue weighted by molar-refractivity contribution is 9.10. The van der Waals surface area contributed by atoms with Crippen LogP contribution in [0.4, 0.5) is 0 Å². The number of pyridine rings is 1. The van der Waals surface area contributed by atoms with Crippen LogP contribution in [0.3, 0.4) is 0 Å². The molecular weight excluding hydrogens is 318 g/mol. The minimum absolute atomic E-state index is 0.625. The van der Waals surface area contributed by atoms with Crippen molar-refractivity contribution in [2.24, 2.45) is 0 Å². The van der Waals surface area contributed by atoms with Crippen LogP contribution in [-0.2, 0) is 6.54 Å². The maximum atomic E-state index is 10.6. The van der Waals surface area contributed by atoms with E-state index >= 15 is 0 Å². The van der Waals surface area contributed by atoms with Crippen LogP contribution >= 0.6 is 15.9 Å². The molecule has 0 aliphatic rings. The molecule has 0 aliphatic carbocycles. The fraction of sp³-hybridized carbons (Fsp3) is 0.200. The van der Waals surface area contributed by atoms with Crippen molar-refractivity contribution >= 4 is 26.8 Å². The Morgan fingerprint density at radius 1 is 1.25 bits per heavy atom. The molecule has 0 saturated carbocycles. The number of aryl methyl sites for hydroxylation is 1. The molecule has 1 aromatic carbocycles. The molecule has 0 fully saturated rings. The molecule has 0 bridgehead atoms. The number of hydrogen-bond donors (Lipinski definition) is 1. The van der Waals surface area contributed by atoms with Gasteiger partial charge in [0.15, 0.2) is 0 Å². The van der Waals surface area contributed by atoms with Crippen LogP contribution in [0.25, 0.3) is 10.9 Å². The number of halogens is 1. The third-order valence-electron chi connectivity index (χ3n) is 3.29. The molecule has 0 spiro atoms. The molecule has 4 nitrogen and oxygen atoms in total. The molecular formula is C15H14BrN3O. The Kier molecular flexibility index (Phi) is 3.54. The van der Waals surface area contributed by atoms with E-state index in [2.05, 4.69) is 26.0 Å². The van der Waals surface area contributed by atoms with Crippen molar-refractivity contribution in [2.45, 2.75) is 19.6 Å². The molecule has 1 atom stereocenters. The monoisotopic (exact) mass is 331 g/mol. The van der Waals surface area contributed by atoms with E-state index in [1.54, 1.807) is 10.9 Å². The summed E-state index contributed by atoms with van der Waals surface area (Å²) in [5.41, 5.74) is 2.23. The number of benzene rings is 1. The molecule has 0 saturated heterocycles. The third-order valence-corrected chi connectivity index (χ3v) is 3.90. The Balaban J connectivity index is 2.07. The average molecular weight is 332 g/mol. The van der Waals surface area contributed by atoms with Crippen molar-refractivity contribution in [3.63, 3.8) is 0 Å². The van der Waals surface area contributed by atoms with Crippen LogP contribution in [0.2, 0.25) is 0 Å². The van der Waals surface area contributed by atoms with E-state index in [9.17, 15) is 5.11 Å². The number of nitrogens with zero attached hydrogens (tertiary/aromatic N) is 3. The number of aliphatic hydroxyl groups is 1. The van der Waals surface area contributed by atoms with Crippen LogP contribution in [0.15, 0.2) is 47.1 Å². The maximum Gasteiger partial charge on any atom is 0.139 e. The van der Waals surface area contributed by atoms with Gasteiger partial charge in [0, 0.05) is 11.9 Å². The minimum atomic E-state index is -0.795. The lowest BCUT2D eigenvalue weighted by atomic mass is 10.1. The van der Waals surface area contributed by atoms with E-state index in [-0.39, 0.29) is 0 Å². The summed E-state index contributed by atoms with van der Waals surface area (Å²) in [4.78, 5) is 4.54. The molecule has 3 rings (SSSR count). The van der Waals surface area contributed by atoms with Gasteiger partial charge < -0.3 is 5.11 Å². The first kappa shape index (κ1) is 13.3. The van der Waals surface area contributed by atoms with Crippen molar-refractivity contribution in [3.8, 4) is 0 Å². The number of rotatable bonds is 3. The summed E-state index contributed by atoms with van der Waals surface area (Å²) < 4.78 is 2.56. The normalized spacial score (nSPS) is 12.8. The van der Waals surface area contributed by atoms with Crippen molar-refractivity contribution in [1.29, 1.82) is 0 Å². The minimum Gasteiger partial charge on any atom is -0.380 e. The summed E-state index contributed by atoms with van der Waals surface area (Å²) in [6.07, 6.45) is 0.903. The maximum absolute atomic E-state index is 10.6. The first-order valence-corrected chi connectivity index (χ1v) is 7.25. The fourth-order valence-electron chi connectivity index (χ4n) is 2.27. The van der Waals surface area contributed by atoms with Crippen LogP contribution in [0.1, 0.15) is 24.4 Å². The van der Waals surface area contributed by atoms with E-state index in [1.807, 2.05) is 43.3 Å². The van der Waals surface area contributed by atoms with Gasteiger partial charge in [-0.3, -0.25) is 4.68 Å². The second-order valence-corrected chi connectivity index (χ2v) is 5.38. The quantitative estimate of drug-likeness (QED) is 0.801. The van der Waals surface area contributed by atoms with Gasteiger partial charge in [-0.25, -0.2) is 4.98 Å². The second kappa shape index (κ2) is 5.34. The van der Waals surface area contributed by atoms with E-state index < -0.39 is 6.10 Å². The lowest BCUT2D eigenvalue weighted by molar-refractivity contribution is 0.203. The largest absolute Gasteiger partial charge is 0.380 e. The first-order chi connectivity index (χ1) is 9.70. The predicted molar refractivity (Wildman–Crippen MR) is 81.4 cm³/mol. The molecule has 102 valence electrons. The van der Waals surface area contributed by atoms with E-state index in [4.69, 9.17) is 0 Å². The Morgan fingerprint density at radius 3 is 2.85 bits per heavy atom. The molecule has 3 aromatic rings. The summed E-state index contributed by atoms with van der Waals surface area (Å²) in [7, 11) is 0. The standard InChI is InChI=1S/C15H14BrN3O/c1-2-19-14(11(16)9-17-19)15(20)13-8-7-10-5-3-4-6-12(10)18-13/h3-9,15,20H,2H2,1H3. The summed E-state index contributed by atoms with van der Waals surface area (Å²) in [6.45, 7) is 2.69. The van der Waals surface area contributed by atoms with E-state index in [0.29, 0.717) is 12.2 Å². The molecule has 2 aromatic heterocycles. The van der Waals surface area contributed by atoms with Crippen LogP contribution in [-0.4, -0.2) is 19.9 Å². The molecule has 0 amide bonds. The van der Waals surface area contributed by atoms with E-state index in [0.717, 1.165) is 21.1 Å².